The molecule has 1 aliphatic heterocycles. The van der Waals surface area contributed by atoms with Crippen LogP contribution in [0.1, 0.15) is 39.2 Å². The fourth-order valence-corrected chi connectivity index (χ4v) is 3.82. The maximum Gasteiger partial charge on any atom is 0.410 e. The number of ether oxygens (including phenoxy) is 1. The van der Waals surface area contributed by atoms with Crippen LogP contribution in [0.5, 0.6) is 0 Å². The number of aryl methyl sites for hydroxylation is 1. The summed E-state index contributed by atoms with van der Waals surface area (Å²) in [4.78, 5) is 30.9. The van der Waals surface area contributed by atoms with Crippen molar-refractivity contribution in [1.82, 2.24) is 9.88 Å². The van der Waals surface area contributed by atoms with Gasteiger partial charge >= 0.3 is 6.09 Å². The Kier molecular flexibility index (Phi) is 4.69. The summed E-state index contributed by atoms with van der Waals surface area (Å²) in [6, 6.07) is 5.48. The van der Waals surface area contributed by atoms with Gasteiger partial charge in [0.1, 0.15) is 11.6 Å². The quantitative estimate of drug-likeness (QED) is 0.879. The van der Waals surface area contributed by atoms with E-state index in [1.54, 1.807) is 0 Å². The lowest BCUT2D eigenvalue weighted by molar-refractivity contribution is -0.120. The molecule has 0 aliphatic carbocycles. The summed E-state index contributed by atoms with van der Waals surface area (Å²) < 4.78 is 6.44. The van der Waals surface area contributed by atoms with Crippen molar-refractivity contribution in [3.8, 4) is 0 Å². The van der Waals surface area contributed by atoms with Gasteiger partial charge in [0.05, 0.1) is 10.2 Å². The van der Waals surface area contributed by atoms with Crippen LogP contribution in [-0.2, 0) is 9.53 Å². The Morgan fingerprint density at radius 1 is 1.36 bits per heavy atom. The van der Waals surface area contributed by atoms with Crippen molar-refractivity contribution < 1.29 is 14.3 Å². The second-order valence-corrected chi connectivity index (χ2v) is 8.34. The van der Waals surface area contributed by atoms with Gasteiger partial charge in [-0.3, -0.25) is 9.69 Å². The van der Waals surface area contributed by atoms with Gasteiger partial charge in [-0.05, 0) is 58.2 Å². The number of rotatable bonds is 2. The summed E-state index contributed by atoms with van der Waals surface area (Å²) in [6.07, 6.45) is 0.982. The maximum absolute atomic E-state index is 12.6. The first-order valence-electron chi connectivity index (χ1n) is 8.40. The van der Waals surface area contributed by atoms with Crippen LogP contribution < -0.4 is 5.32 Å². The van der Waals surface area contributed by atoms with E-state index in [-0.39, 0.29) is 5.91 Å². The summed E-state index contributed by atoms with van der Waals surface area (Å²) in [5, 5.41) is 3.42. The first-order valence-corrected chi connectivity index (χ1v) is 9.22. The molecule has 2 aromatic rings. The van der Waals surface area contributed by atoms with Crippen molar-refractivity contribution in [2.75, 3.05) is 11.9 Å². The van der Waals surface area contributed by atoms with Crippen molar-refractivity contribution in [3.63, 3.8) is 0 Å². The zero-order valence-electron chi connectivity index (χ0n) is 15.0. The fraction of sp³-hybridized carbons (Fsp3) is 0.500. The molecule has 1 saturated heterocycles. The number of aromatic nitrogens is 1. The molecule has 3 rings (SSSR count). The Hall–Kier alpha value is -2.15. The molecular formula is C18H23N3O3S. The second kappa shape index (κ2) is 6.63. The number of benzene rings is 1. The highest BCUT2D eigenvalue weighted by Crippen LogP contribution is 2.28. The zero-order valence-corrected chi connectivity index (χ0v) is 15.8. The van der Waals surface area contributed by atoms with E-state index in [0.29, 0.717) is 18.1 Å². The molecule has 1 fully saturated rings. The Balaban J connectivity index is 1.71. The number of thiazole rings is 1. The average Bonchev–Trinajstić information content (AvgIpc) is 3.10. The lowest BCUT2D eigenvalue weighted by Gasteiger charge is -2.27. The Bertz CT molecular complexity index is 809. The molecule has 6 nitrogen and oxygen atoms in total. The van der Waals surface area contributed by atoms with Crippen molar-refractivity contribution in [3.05, 3.63) is 23.8 Å². The number of carbonyl (C=O) groups excluding carboxylic acids is 2. The number of likely N-dealkylation sites (tertiary alicyclic amines) is 1. The number of carbonyl (C=O) groups is 2. The van der Waals surface area contributed by atoms with Crippen molar-refractivity contribution >= 4 is 38.7 Å². The summed E-state index contributed by atoms with van der Waals surface area (Å²) >= 11 is 1.44. The normalized spacial score (nSPS) is 17.8. The summed E-state index contributed by atoms with van der Waals surface area (Å²) in [6.45, 7) is 8.01. The molecule has 0 spiro atoms. The van der Waals surface area contributed by atoms with Gasteiger partial charge in [-0.25, -0.2) is 9.78 Å². The number of amides is 2. The number of hydrogen-bond donors (Lipinski definition) is 1. The molecule has 134 valence electrons. The molecule has 1 aromatic carbocycles. The minimum atomic E-state index is -0.578. The molecule has 2 heterocycles. The van der Waals surface area contributed by atoms with Crippen molar-refractivity contribution in [1.29, 1.82) is 0 Å². The first-order chi connectivity index (χ1) is 11.7. The monoisotopic (exact) mass is 361 g/mol. The van der Waals surface area contributed by atoms with Crippen molar-refractivity contribution in [2.45, 2.75) is 52.2 Å². The largest absolute Gasteiger partial charge is 0.444 e. The van der Waals surface area contributed by atoms with Crippen LogP contribution in [0.3, 0.4) is 0 Å². The van der Waals surface area contributed by atoms with E-state index < -0.39 is 17.7 Å². The molecule has 1 unspecified atom stereocenters. The van der Waals surface area contributed by atoms with Gasteiger partial charge in [0.15, 0.2) is 5.13 Å². The SMILES string of the molecule is Cc1ccc2nc(NC(=O)C3CCCN3C(=O)OC(C)(C)C)sc2c1. The van der Waals surface area contributed by atoms with Gasteiger partial charge in [-0.15, -0.1) is 0 Å². The number of nitrogens with one attached hydrogen (secondary N) is 1. The summed E-state index contributed by atoms with van der Waals surface area (Å²) in [5.74, 6) is -0.209. The van der Waals surface area contributed by atoms with Gasteiger partial charge in [0, 0.05) is 6.54 Å². The molecular weight excluding hydrogens is 338 g/mol. The number of hydrogen-bond acceptors (Lipinski definition) is 5. The minimum absolute atomic E-state index is 0.209. The summed E-state index contributed by atoms with van der Waals surface area (Å²) in [7, 11) is 0. The molecule has 1 atom stereocenters. The van der Waals surface area contributed by atoms with E-state index >= 15 is 0 Å². The highest BCUT2D eigenvalue weighted by atomic mass is 32.1. The Morgan fingerprint density at radius 3 is 2.84 bits per heavy atom. The third kappa shape index (κ3) is 4.10. The predicted octanol–water partition coefficient (Wildman–Crippen LogP) is 3.94. The third-order valence-electron chi connectivity index (χ3n) is 3.96. The van der Waals surface area contributed by atoms with Crippen molar-refractivity contribution in [2.24, 2.45) is 0 Å². The van der Waals surface area contributed by atoms with E-state index in [9.17, 15) is 9.59 Å². The second-order valence-electron chi connectivity index (χ2n) is 7.31. The van der Waals surface area contributed by atoms with Gasteiger partial charge in [0.2, 0.25) is 5.91 Å². The maximum atomic E-state index is 12.6. The van der Waals surface area contributed by atoms with Crippen LogP contribution in [0.25, 0.3) is 10.2 Å². The fourth-order valence-electron chi connectivity index (χ4n) is 2.85. The topological polar surface area (TPSA) is 71.5 Å². The van der Waals surface area contributed by atoms with Crippen LogP contribution in [0.15, 0.2) is 18.2 Å². The van der Waals surface area contributed by atoms with Gasteiger partial charge in [-0.1, -0.05) is 17.4 Å². The van der Waals surface area contributed by atoms with Crippen LogP contribution in [0, 0.1) is 6.92 Å². The van der Waals surface area contributed by atoms with E-state index in [0.717, 1.165) is 22.2 Å². The molecule has 1 aromatic heterocycles. The lowest BCUT2D eigenvalue weighted by atomic mass is 10.2. The molecule has 2 amide bonds. The van der Waals surface area contributed by atoms with Crippen LogP contribution in [0.2, 0.25) is 0 Å². The average molecular weight is 361 g/mol. The van der Waals surface area contributed by atoms with Gasteiger partial charge in [-0.2, -0.15) is 0 Å². The molecule has 1 aliphatic rings. The lowest BCUT2D eigenvalue weighted by Crippen LogP contribution is -2.45. The van der Waals surface area contributed by atoms with Crippen LogP contribution in [-0.4, -0.2) is 40.1 Å². The predicted molar refractivity (Wildman–Crippen MR) is 98.9 cm³/mol. The number of nitrogens with zero attached hydrogens (tertiary/aromatic N) is 2. The first kappa shape index (κ1) is 17.7. The number of fused-ring (bicyclic) bond motifs is 1. The van der Waals surface area contributed by atoms with Crippen LogP contribution in [0.4, 0.5) is 9.93 Å². The molecule has 0 saturated carbocycles. The zero-order chi connectivity index (χ0) is 18.2. The Morgan fingerprint density at radius 2 is 2.12 bits per heavy atom. The molecule has 1 N–H and O–H groups in total. The van der Waals surface area contributed by atoms with E-state index in [4.69, 9.17) is 4.74 Å². The summed E-state index contributed by atoms with van der Waals surface area (Å²) in [5.41, 5.74) is 1.44. The molecule has 0 bridgehead atoms. The smallest absolute Gasteiger partial charge is 0.410 e. The van der Waals surface area contributed by atoms with Crippen LogP contribution >= 0.6 is 11.3 Å². The van der Waals surface area contributed by atoms with Gasteiger partial charge < -0.3 is 10.1 Å². The van der Waals surface area contributed by atoms with E-state index in [1.807, 2.05) is 45.9 Å². The highest BCUT2D eigenvalue weighted by Gasteiger charge is 2.36. The van der Waals surface area contributed by atoms with E-state index in [1.165, 1.54) is 16.2 Å². The minimum Gasteiger partial charge on any atom is -0.444 e. The Labute approximate surface area is 151 Å². The standard InChI is InChI=1S/C18H23N3O3S/c1-11-7-8-12-14(10-11)25-16(19-12)20-15(22)13-6-5-9-21(13)17(23)24-18(2,3)4/h7-8,10,13H,5-6,9H2,1-4H3,(H,19,20,22). The molecule has 0 radical (unpaired) electrons. The molecule has 25 heavy (non-hydrogen) atoms. The number of anilines is 1. The third-order valence-corrected chi connectivity index (χ3v) is 4.89. The highest BCUT2D eigenvalue weighted by molar-refractivity contribution is 7.22. The molecule has 7 heteroatoms. The van der Waals surface area contributed by atoms with E-state index in [2.05, 4.69) is 10.3 Å². The van der Waals surface area contributed by atoms with Gasteiger partial charge in [0.25, 0.3) is 0 Å².